The smallest absolute Gasteiger partial charge is 0.241 e. The maximum Gasteiger partial charge on any atom is 0.241 e. The summed E-state index contributed by atoms with van der Waals surface area (Å²) >= 11 is 0. The predicted octanol–water partition coefficient (Wildman–Crippen LogP) is 1.37. The molecule has 112 valence electrons. The van der Waals surface area contributed by atoms with Gasteiger partial charge >= 0.3 is 0 Å². The molecule has 7 heteroatoms. The van der Waals surface area contributed by atoms with E-state index >= 15 is 0 Å². The summed E-state index contributed by atoms with van der Waals surface area (Å²) in [5.74, 6) is 0.442. The van der Waals surface area contributed by atoms with E-state index in [0.717, 1.165) is 19.4 Å². The van der Waals surface area contributed by atoms with Gasteiger partial charge in [0.25, 0.3) is 0 Å². The third-order valence-corrected chi connectivity index (χ3v) is 5.08. The first kappa shape index (κ1) is 14.2. The van der Waals surface area contributed by atoms with Gasteiger partial charge in [0.15, 0.2) is 5.76 Å². The molecule has 1 atom stereocenters. The summed E-state index contributed by atoms with van der Waals surface area (Å²) in [5, 5.41) is 6.83. The maximum atomic E-state index is 12.6. The van der Waals surface area contributed by atoms with Crippen molar-refractivity contribution in [2.45, 2.75) is 23.8 Å². The highest BCUT2D eigenvalue weighted by atomic mass is 32.2. The first-order valence-electron chi connectivity index (χ1n) is 6.90. The minimum Gasteiger partial charge on any atom is -0.356 e. The Morgan fingerprint density at radius 3 is 2.86 bits per heavy atom. The van der Waals surface area contributed by atoms with E-state index in [-0.39, 0.29) is 10.9 Å². The number of sulfonamides is 1. The van der Waals surface area contributed by atoms with Crippen LogP contribution in [0.25, 0.3) is 11.3 Å². The molecule has 1 aromatic carbocycles. The van der Waals surface area contributed by atoms with Crippen molar-refractivity contribution in [3.8, 4) is 11.3 Å². The Bertz CT molecular complexity index is 692. The van der Waals surface area contributed by atoms with E-state index in [1.165, 1.54) is 6.20 Å². The summed E-state index contributed by atoms with van der Waals surface area (Å²) in [7, 11) is -3.59. The lowest BCUT2D eigenvalue weighted by Gasteiger charge is -2.24. The monoisotopic (exact) mass is 307 g/mol. The Labute approximate surface area is 123 Å². The second kappa shape index (κ2) is 5.97. The number of nitrogens with zero attached hydrogens (tertiary/aromatic N) is 1. The van der Waals surface area contributed by atoms with Gasteiger partial charge in [0.05, 0.1) is 11.1 Å². The van der Waals surface area contributed by atoms with Crippen molar-refractivity contribution in [2.24, 2.45) is 0 Å². The fourth-order valence-corrected chi connectivity index (χ4v) is 3.98. The Morgan fingerprint density at radius 2 is 2.14 bits per heavy atom. The van der Waals surface area contributed by atoms with Crippen LogP contribution in [-0.4, -0.2) is 32.7 Å². The summed E-state index contributed by atoms with van der Waals surface area (Å²) < 4.78 is 33.1. The summed E-state index contributed by atoms with van der Waals surface area (Å²) in [4.78, 5) is 0.215. The third kappa shape index (κ3) is 3.15. The van der Waals surface area contributed by atoms with Gasteiger partial charge in [-0.05, 0) is 31.5 Å². The predicted molar refractivity (Wildman–Crippen MR) is 78.2 cm³/mol. The summed E-state index contributed by atoms with van der Waals surface area (Å²) in [6.07, 6.45) is 3.31. The number of nitrogens with one attached hydrogen (secondary N) is 2. The molecule has 0 radical (unpaired) electrons. The number of piperidine rings is 1. The third-order valence-electron chi connectivity index (χ3n) is 3.50. The molecule has 21 heavy (non-hydrogen) atoms. The average molecular weight is 307 g/mol. The Morgan fingerprint density at radius 1 is 1.29 bits per heavy atom. The van der Waals surface area contributed by atoms with Crippen molar-refractivity contribution in [1.29, 1.82) is 0 Å². The zero-order chi connectivity index (χ0) is 14.7. The van der Waals surface area contributed by atoms with E-state index in [4.69, 9.17) is 4.52 Å². The molecule has 2 heterocycles. The fraction of sp³-hybridized carbons (Fsp3) is 0.357. The van der Waals surface area contributed by atoms with Gasteiger partial charge in [-0.1, -0.05) is 17.3 Å². The number of aromatic nitrogens is 1. The molecule has 2 N–H and O–H groups in total. The van der Waals surface area contributed by atoms with E-state index in [0.29, 0.717) is 17.9 Å². The lowest BCUT2D eigenvalue weighted by Crippen LogP contribution is -2.45. The highest BCUT2D eigenvalue weighted by molar-refractivity contribution is 7.89. The van der Waals surface area contributed by atoms with Crippen molar-refractivity contribution in [3.63, 3.8) is 0 Å². The van der Waals surface area contributed by atoms with E-state index in [1.807, 2.05) is 0 Å². The molecule has 0 bridgehead atoms. The Balaban J connectivity index is 1.92. The SMILES string of the molecule is O=S(=O)(NC1CCCNC1)c1ccccc1-c1ccno1. The van der Waals surface area contributed by atoms with E-state index in [9.17, 15) is 8.42 Å². The Kier molecular flexibility index (Phi) is 4.05. The minimum atomic E-state index is -3.59. The lowest BCUT2D eigenvalue weighted by molar-refractivity contribution is 0.427. The summed E-state index contributed by atoms with van der Waals surface area (Å²) in [6.45, 7) is 1.59. The maximum absolute atomic E-state index is 12.6. The lowest BCUT2D eigenvalue weighted by atomic mass is 10.1. The van der Waals surface area contributed by atoms with Gasteiger partial charge < -0.3 is 9.84 Å². The molecule has 1 aliphatic rings. The molecule has 1 aliphatic heterocycles. The molecule has 3 rings (SSSR count). The zero-order valence-corrected chi connectivity index (χ0v) is 12.3. The number of rotatable bonds is 4. The average Bonchev–Trinajstić information content (AvgIpc) is 3.02. The topological polar surface area (TPSA) is 84.2 Å². The molecule has 1 aromatic heterocycles. The van der Waals surface area contributed by atoms with Gasteiger partial charge in [-0.2, -0.15) is 0 Å². The van der Waals surface area contributed by atoms with Crippen LogP contribution < -0.4 is 10.0 Å². The molecule has 2 aromatic rings. The van der Waals surface area contributed by atoms with Crippen molar-refractivity contribution >= 4 is 10.0 Å². The first-order chi connectivity index (χ1) is 10.2. The quantitative estimate of drug-likeness (QED) is 0.891. The van der Waals surface area contributed by atoms with Crippen LogP contribution in [0.4, 0.5) is 0 Å². The molecule has 0 amide bonds. The second-order valence-corrected chi connectivity index (χ2v) is 6.72. The number of hydrogen-bond acceptors (Lipinski definition) is 5. The summed E-state index contributed by atoms with van der Waals surface area (Å²) in [5.41, 5.74) is 0.520. The van der Waals surface area contributed by atoms with Gasteiger partial charge in [0.1, 0.15) is 0 Å². The molecular formula is C14H17N3O3S. The number of benzene rings is 1. The van der Waals surface area contributed by atoms with Crippen LogP contribution in [0.1, 0.15) is 12.8 Å². The zero-order valence-electron chi connectivity index (χ0n) is 11.5. The summed E-state index contributed by atoms with van der Waals surface area (Å²) in [6, 6.07) is 8.35. The van der Waals surface area contributed by atoms with Gasteiger partial charge in [0, 0.05) is 24.2 Å². The minimum absolute atomic E-state index is 0.0773. The first-order valence-corrected chi connectivity index (χ1v) is 8.38. The molecule has 0 aliphatic carbocycles. The van der Waals surface area contributed by atoms with Crippen molar-refractivity contribution in [3.05, 3.63) is 36.5 Å². The van der Waals surface area contributed by atoms with E-state index in [1.54, 1.807) is 30.3 Å². The number of hydrogen-bond donors (Lipinski definition) is 2. The van der Waals surface area contributed by atoms with Crippen LogP contribution >= 0.6 is 0 Å². The molecule has 6 nitrogen and oxygen atoms in total. The van der Waals surface area contributed by atoms with Gasteiger partial charge in [-0.3, -0.25) is 0 Å². The molecule has 0 spiro atoms. The largest absolute Gasteiger partial charge is 0.356 e. The molecular weight excluding hydrogens is 290 g/mol. The van der Waals surface area contributed by atoms with Crippen molar-refractivity contribution in [1.82, 2.24) is 15.2 Å². The second-order valence-electron chi connectivity index (χ2n) is 5.04. The van der Waals surface area contributed by atoms with Crippen LogP contribution in [-0.2, 0) is 10.0 Å². The molecule has 1 unspecified atom stereocenters. The van der Waals surface area contributed by atoms with E-state index in [2.05, 4.69) is 15.2 Å². The van der Waals surface area contributed by atoms with Crippen LogP contribution in [0.5, 0.6) is 0 Å². The van der Waals surface area contributed by atoms with Crippen LogP contribution in [0, 0.1) is 0 Å². The standard InChI is InChI=1S/C14H17N3O3S/c18-21(19,17-11-4-3-8-15-10-11)14-6-2-1-5-12(14)13-7-9-16-20-13/h1-2,5-7,9,11,15,17H,3-4,8,10H2. The van der Waals surface area contributed by atoms with Gasteiger partial charge in [-0.15, -0.1) is 0 Å². The normalized spacial score (nSPS) is 19.5. The molecule has 1 fully saturated rings. The highest BCUT2D eigenvalue weighted by Gasteiger charge is 2.25. The van der Waals surface area contributed by atoms with Gasteiger partial charge in [0.2, 0.25) is 10.0 Å². The van der Waals surface area contributed by atoms with Crippen LogP contribution in [0.2, 0.25) is 0 Å². The van der Waals surface area contributed by atoms with Crippen LogP contribution in [0.15, 0.2) is 45.9 Å². The van der Waals surface area contributed by atoms with Crippen molar-refractivity contribution < 1.29 is 12.9 Å². The van der Waals surface area contributed by atoms with E-state index < -0.39 is 10.0 Å². The molecule has 1 saturated heterocycles. The van der Waals surface area contributed by atoms with Gasteiger partial charge in [-0.25, -0.2) is 13.1 Å². The highest BCUT2D eigenvalue weighted by Crippen LogP contribution is 2.27. The molecule has 0 saturated carbocycles. The van der Waals surface area contributed by atoms with Crippen LogP contribution in [0.3, 0.4) is 0 Å². The van der Waals surface area contributed by atoms with Crippen molar-refractivity contribution in [2.75, 3.05) is 13.1 Å². The Hall–Kier alpha value is -1.70. The fourth-order valence-electron chi connectivity index (χ4n) is 2.49.